The molecule has 132 valence electrons. The molecule has 0 amide bonds. The molecule has 2 rings (SSSR count). The van der Waals surface area contributed by atoms with Crippen molar-refractivity contribution in [3.63, 3.8) is 0 Å². The minimum Gasteiger partial charge on any atom is -0.390 e. The minimum absolute atomic E-state index is 0. The van der Waals surface area contributed by atoms with Gasteiger partial charge in [-0.1, -0.05) is 51.4 Å². The summed E-state index contributed by atoms with van der Waals surface area (Å²) in [6.45, 7) is 0. The summed E-state index contributed by atoms with van der Waals surface area (Å²) in [5.41, 5.74) is 6.07. The Hall–Kier alpha value is 0.160. The largest absolute Gasteiger partial charge is 0.390 e. The second-order valence-corrected chi connectivity index (χ2v) is 9.39. The highest BCUT2D eigenvalue weighted by molar-refractivity contribution is 7.92. The smallest absolute Gasteiger partial charge is 0.155 e. The first-order valence-electron chi connectivity index (χ1n) is 8.64. The molecule has 4 nitrogen and oxygen atoms in total. The molecule has 0 spiro atoms. The van der Waals surface area contributed by atoms with E-state index in [2.05, 4.69) is 0 Å². The molecule has 6 heteroatoms. The third-order valence-corrected chi connectivity index (χ3v) is 7.58. The first-order valence-corrected chi connectivity index (χ1v) is 10.4. The number of hydrogen-bond acceptors (Lipinski definition) is 4. The fraction of sp³-hybridized carbons (Fsp3) is 1.00. The number of sulfone groups is 1. The van der Waals surface area contributed by atoms with E-state index >= 15 is 0 Å². The SMILES string of the molecule is Cl.NC(CC1CCCCC1)C(O)CS(=O)(=O)C1CCCCC1. The van der Waals surface area contributed by atoms with E-state index in [0.29, 0.717) is 5.92 Å². The highest BCUT2D eigenvalue weighted by atomic mass is 35.5. The van der Waals surface area contributed by atoms with Crippen LogP contribution in [-0.4, -0.2) is 36.7 Å². The number of aliphatic hydroxyl groups is 1. The summed E-state index contributed by atoms with van der Waals surface area (Å²) in [6, 6.07) is -0.397. The van der Waals surface area contributed by atoms with Crippen molar-refractivity contribution in [2.24, 2.45) is 11.7 Å². The minimum atomic E-state index is -3.20. The molecule has 2 aliphatic rings. The van der Waals surface area contributed by atoms with Gasteiger partial charge in [0.25, 0.3) is 0 Å². The van der Waals surface area contributed by atoms with E-state index in [1.807, 2.05) is 0 Å². The summed E-state index contributed by atoms with van der Waals surface area (Å²) in [4.78, 5) is 0. The molecule has 22 heavy (non-hydrogen) atoms. The molecule has 0 saturated heterocycles. The zero-order valence-corrected chi connectivity index (χ0v) is 15.1. The average molecular weight is 354 g/mol. The lowest BCUT2D eigenvalue weighted by atomic mass is 9.84. The van der Waals surface area contributed by atoms with Crippen LogP contribution in [0.15, 0.2) is 0 Å². The van der Waals surface area contributed by atoms with Gasteiger partial charge in [-0.15, -0.1) is 12.4 Å². The zero-order valence-electron chi connectivity index (χ0n) is 13.5. The van der Waals surface area contributed by atoms with Crippen molar-refractivity contribution < 1.29 is 13.5 Å². The van der Waals surface area contributed by atoms with E-state index in [1.165, 1.54) is 32.1 Å². The first-order chi connectivity index (χ1) is 9.99. The maximum absolute atomic E-state index is 12.4. The van der Waals surface area contributed by atoms with E-state index in [4.69, 9.17) is 5.73 Å². The molecule has 3 N–H and O–H groups in total. The van der Waals surface area contributed by atoms with Crippen molar-refractivity contribution in [1.82, 2.24) is 0 Å². The summed E-state index contributed by atoms with van der Waals surface area (Å²) in [5, 5.41) is 9.96. The van der Waals surface area contributed by atoms with Crippen LogP contribution in [0.25, 0.3) is 0 Å². The van der Waals surface area contributed by atoms with Gasteiger partial charge in [0.2, 0.25) is 0 Å². The molecule has 2 atom stereocenters. The first kappa shape index (κ1) is 20.2. The van der Waals surface area contributed by atoms with Crippen molar-refractivity contribution in [2.75, 3.05) is 5.75 Å². The van der Waals surface area contributed by atoms with Crippen LogP contribution in [0.5, 0.6) is 0 Å². The van der Waals surface area contributed by atoms with Crippen molar-refractivity contribution in [2.45, 2.75) is 88.0 Å². The van der Waals surface area contributed by atoms with Gasteiger partial charge in [0.15, 0.2) is 9.84 Å². The van der Waals surface area contributed by atoms with E-state index in [9.17, 15) is 13.5 Å². The summed E-state index contributed by atoms with van der Waals surface area (Å²) in [5.74, 6) is 0.423. The Labute approximate surface area is 141 Å². The molecule has 0 aliphatic heterocycles. The third kappa shape index (κ3) is 5.99. The second-order valence-electron chi connectivity index (χ2n) is 7.06. The van der Waals surface area contributed by atoms with Crippen LogP contribution in [0.1, 0.15) is 70.6 Å². The Kier molecular flexibility index (Phi) is 8.68. The van der Waals surface area contributed by atoms with Gasteiger partial charge in [0.05, 0.1) is 17.1 Å². The van der Waals surface area contributed by atoms with E-state index in [0.717, 1.165) is 38.5 Å². The molecule has 0 radical (unpaired) electrons. The lowest BCUT2D eigenvalue weighted by molar-refractivity contribution is 0.145. The fourth-order valence-corrected chi connectivity index (χ4v) is 5.93. The molecular weight excluding hydrogens is 322 g/mol. The van der Waals surface area contributed by atoms with Gasteiger partial charge in [0.1, 0.15) is 0 Å². The number of nitrogens with two attached hydrogens (primary N) is 1. The Bertz CT molecular complexity index is 404. The van der Waals surface area contributed by atoms with Gasteiger partial charge in [-0.2, -0.15) is 0 Å². The van der Waals surface area contributed by atoms with Crippen molar-refractivity contribution in [3.8, 4) is 0 Å². The summed E-state index contributed by atoms with van der Waals surface area (Å²) in [7, 11) is -3.20. The average Bonchev–Trinajstić information content (AvgIpc) is 2.48. The number of hydrogen-bond donors (Lipinski definition) is 2. The van der Waals surface area contributed by atoms with Crippen LogP contribution in [0, 0.1) is 5.92 Å². The van der Waals surface area contributed by atoms with Crippen LogP contribution < -0.4 is 5.73 Å². The van der Waals surface area contributed by atoms with Gasteiger partial charge in [-0.05, 0) is 25.2 Å². The van der Waals surface area contributed by atoms with Crippen LogP contribution in [-0.2, 0) is 9.84 Å². The van der Waals surface area contributed by atoms with Crippen LogP contribution >= 0.6 is 12.4 Å². The van der Waals surface area contributed by atoms with Crippen molar-refractivity contribution in [3.05, 3.63) is 0 Å². The quantitative estimate of drug-likeness (QED) is 0.769. The predicted molar refractivity (Wildman–Crippen MR) is 93.1 cm³/mol. The van der Waals surface area contributed by atoms with Crippen LogP contribution in [0.3, 0.4) is 0 Å². The van der Waals surface area contributed by atoms with Crippen LogP contribution in [0.2, 0.25) is 0 Å². The molecule has 2 unspecified atom stereocenters. The second kappa shape index (κ2) is 9.45. The van der Waals surface area contributed by atoms with Gasteiger partial charge >= 0.3 is 0 Å². The fourth-order valence-electron chi connectivity index (χ4n) is 3.89. The topological polar surface area (TPSA) is 80.4 Å². The summed E-state index contributed by atoms with van der Waals surface area (Å²) >= 11 is 0. The van der Waals surface area contributed by atoms with Gasteiger partial charge < -0.3 is 10.8 Å². The monoisotopic (exact) mass is 353 g/mol. The molecule has 0 aromatic carbocycles. The molecule has 0 aromatic rings. The maximum Gasteiger partial charge on any atom is 0.155 e. The summed E-state index contributed by atoms with van der Waals surface area (Å²) in [6.07, 6.45) is 10.6. The Morgan fingerprint density at radius 3 is 2.00 bits per heavy atom. The van der Waals surface area contributed by atoms with Crippen molar-refractivity contribution >= 4 is 22.2 Å². The number of rotatable bonds is 6. The standard InChI is InChI=1S/C16H31NO3S.ClH/c17-15(11-13-7-3-1-4-8-13)16(18)12-21(19,20)14-9-5-2-6-10-14;/h13-16,18H,1-12,17H2;1H. The van der Waals surface area contributed by atoms with Gasteiger partial charge in [-0.25, -0.2) is 8.42 Å². The zero-order chi connectivity index (χ0) is 15.3. The van der Waals surface area contributed by atoms with E-state index < -0.39 is 22.0 Å². The van der Waals surface area contributed by atoms with Gasteiger partial charge in [0, 0.05) is 6.04 Å². The Morgan fingerprint density at radius 1 is 0.955 bits per heavy atom. The lowest BCUT2D eigenvalue weighted by Gasteiger charge is -2.28. The maximum atomic E-state index is 12.4. The van der Waals surface area contributed by atoms with Crippen molar-refractivity contribution in [1.29, 1.82) is 0 Å². The Morgan fingerprint density at radius 2 is 1.45 bits per heavy atom. The predicted octanol–water partition coefficient (Wildman–Crippen LogP) is 2.81. The Balaban J connectivity index is 0.00000242. The molecule has 2 saturated carbocycles. The third-order valence-electron chi connectivity index (χ3n) is 5.29. The van der Waals surface area contributed by atoms with Crippen LogP contribution in [0.4, 0.5) is 0 Å². The summed E-state index contributed by atoms with van der Waals surface area (Å²) < 4.78 is 24.8. The highest BCUT2D eigenvalue weighted by Crippen LogP contribution is 2.28. The molecule has 2 aliphatic carbocycles. The number of aliphatic hydroxyl groups excluding tert-OH is 1. The normalized spacial score (nSPS) is 24.5. The molecule has 0 bridgehead atoms. The molecule has 2 fully saturated rings. The molecule has 0 heterocycles. The van der Waals surface area contributed by atoms with Gasteiger partial charge in [-0.3, -0.25) is 0 Å². The molecular formula is C16H32ClNO3S. The van der Waals surface area contributed by atoms with E-state index in [-0.39, 0.29) is 23.4 Å². The molecule has 0 aromatic heterocycles. The van der Waals surface area contributed by atoms with E-state index in [1.54, 1.807) is 0 Å². The number of halogens is 1. The lowest BCUT2D eigenvalue weighted by Crippen LogP contribution is -2.43. The highest BCUT2D eigenvalue weighted by Gasteiger charge is 2.32.